The number of benzene rings is 1. The maximum absolute atomic E-state index is 10.6. The Kier molecular flexibility index (Phi) is 3.19. The molecule has 1 aromatic rings. The molecule has 2 rings (SSSR count). The fourth-order valence-electron chi connectivity index (χ4n) is 1.69. The summed E-state index contributed by atoms with van der Waals surface area (Å²) < 4.78 is 0. The largest absolute Gasteiger partial charge is 0.310 e. The summed E-state index contributed by atoms with van der Waals surface area (Å²) in [4.78, 5) is 10.3. The average molecular weight is 220 g/mol. The summed E-state index contributed by atoms with van der Waals surface area (Å²) in [6.07, 6.45) is 2.63. The van der Waals surface area contributed by atoms with Crippen LogP contribution in [0.4, 0.5) is 5.69 Å². The molecule has 4 heteroatoms. The lowest BCUT2D eigenvalue weighted by atomic mass is 10.1. The Hall–Kier alpha value is -1.42. The van der Waals surface area contributed by atoms with E-state index in [0.29, 0.717) is 0 Å². The zero-order valence-electron chi connectivity index (χ0n) is 9.35. The lowest BCUT2D eigenvalue weighted by Crippen LogP contribution is -2.21. The minimum atomic E-state index is -0.350. The van der Waals surface area contributed by atoms with E-state index >= 15 is 0 Å². The highest BCUT2D eigenvalue weighted by Crippen LogP contribution is 2.28. The Morgan fingerprint density at radius 2 is 2.31 bits per heavy atom. The van der Waals surface area contributed by atoms with Crippen molar-refractivity contribution in [2.24, 2.45) is 5.92 Å². The molecule has 1 unspecified atom stereocenters. The molecule has 1 atom stereocenters. The maximum Gasteiger partial charge on any atom is 0.269 e. The quantitative estimate of drug-likeness (QED) is 0.613. The second kappa shape index (κ2) is 4.61. The first kappa shape index (κ1) is 11.1. The van der Waals surface area contributed by atoms with Crippen molar-refractivity contribution in [3.05, 3.63) is 39.9 Å². The summed E-state index contributed by atoms with van der Waals surface area (Å²) in [5, 5.41) is 14.0. The molecule has 0 aromatic heterocycles. The van der Waals surface area contributed by atoms with Crippen molar-refractivity contribution in [2.45, 2.75) is 25.8 Å². The molecule has 0 spiro atoms. The van der Waals surface area contributed by atoms with E-state index in [2.05, 4.69) is 5.32 Å². The Morgan fingerprint density at radius 3 is 2.94 bits per heavy atom. The van der Waals surface area contributed by atoms with E-state index in [4.69, 9.17) is 0 Å². The number of nitrogens with one attached hydrogen (secondary N) is 1. The summed E-state index contributed by atoms with van der Waals surface area (Å²) in [5.41, 5.74) is 1.15. The third kappa shape index (κ3) is 2.79. The molecule has 0 saturated heterocycles. The van der Waals surface area contributed by atoms with Crippen LogP contribution in [0.1, 0.15) is 31.4 Å². The van der Waals surface area contributed by atoms with Gasteiger partial charge in [-0.2, -0.15) is 0 Å². The van der Waals surface area contributed by atoms with Gasteiger partial charge in [0.1, 0.15) is 0 Å². The Labute approximate surface area is 94.8 Å². The minimum Gasteiger partial charge on any atom is -0.310 e. The standard InChI is InChI=1S/C12H16N2O2/c1-9(13-8-10-5-6-10)11-3-2-4-12(7-11)14(15)16/h2-4,7,9-10,13H,5-6,8H2,1H3. The van der Waals surface area contributed by atoms with Gasteiger partial charge in [-0.25, -0.2) is 0 Å². The molecule has 0 heterocycles. The maximum atomic E-state index is 10.6. The smallest absolute Gasteiger partial charge is 0.269 e. The van der Waals surface area contributed by atoms with Crippen LogP contribution in [0, 0.1) is 16.0 Å². The first-order valence-electron chi connectivity index (χ1n) is 5.64. The van der Waals surface area contributed by atoms with Crippen molar-refractivity contribution in [1.29, 1.82) is 0 Å². The number of non-ortho nitro benzene ring substituents is 1. The van der Waals surface area contributed by atoms with E-state index in [9.17, 15) is 10.1 Å². The van der Waals surface area contributed by atoms with Crippen LogP contribution >= 0.6 is 0 Å². The van der Waals surface area contributed by atoms with Crippen LogP contribution in [0.5, 0.6) is 0 Å². The third-order valence-corrected chi connectivity index (χ3v) is 2.99. The van der Waals surface area contributed by atoms with Gasteiger partial charge in [-0.1, -0.05) is 12.1 Å². The monoisotopic (exact) mass is 220 g/mol. The topological polar surface area (TPSA) is 55.2 Å². The van der Waals surface area contributed by atoms with Gasteiger partial charge in [0.2, 0.25) is 0 Å². The summed E-state index contributed by atoms with van der Waals surface area (Å²) >= 11 is 0. The van der Waals surface area contributed by atoms with Crippen molar-refractivity contribution < 1.29 is 4.92 Å². The number of hydrogen-bond acceptors (Lipinski definition) is 3. The van der Waals surface area contributed by atoms with Crippen LogP contribution in [0.3, 0.4) is 0 Å². The first-order chi connectivity index (χ1) is 7.66. The molecule has 1 N–H and O–H groups in total. The molecular formula is C12H16N2O2. The first-order valence-corrected chi connectivity index (χ1v) is 5.64. The molecule has 0 aliphatic heterocycles. The van der Waals surface area contributed by atoms with Gasteiger partial charge in [0, 0.05) is 18.2 Å². The third-order valence-electron chi connectivity index (χ3n) is 2.99. The van der Waals surface area contributed by atoms with Gasteiger partial charge in [-0.3, -0.25) is 10.1 Å². The molecular weight excluding hydrogens is 204 g/mol. The molecule has 4 nitrogen and oxygen atoms in total. The molecule has 16 heavy (non-hydrogen) atoms. The van der Waals surface area contributed by atoms with E-state index in [0.717, 1.165) is 18.0 Å². The van der Waals surface area contributed by atoms with Gasteiger partial charge in [0.05, 0.1) is 4.92 Å². The van der Waals surface area contributed by atoms with Crippen molar-refractivity contribution in [3.63, 3.8) is 0 Å². The van der Waals surface area contributed by atoms with E-state index in [1.165, 1.54) is 18.9 Å². The van der Waals surface area contributed by atoms with Gasteiger partial charge >= 0.3 is 0 Å². The van der Waals surface area contributed by atoms with Crippen molar-refractivity contribution in [2.75, 3.05) is 6.54 Å². The lowest BCUT2D eigenvalue weighted by molar-refractivity contribution is -0.384. The summed E-state index contributed by atoms with van der Waals surface area (Å²) in [7, 11) is 0. The number of nitro groups is 1. The zero-order valence-corrected chi connectivity index (χ0v) is 9.35. The van der Waals surface area contributed by atoms with Crippen molar-refractivity contribution in [3.8, 4) is 0 Å². The molecule has 1 aliphatic carbocycles. The highest BCUT2D eigenvalue weighted by atomic mass is 16.6. The van der Waals surface area contributed by atoms with Crippen LogP contribution in [-0.4, -0.2) is 11.5 Å². The predicted molar refractivity (Wildman–Crippen MR) is 62.2 cm³/mol. The summed E-state index contributed by atoms with van der Waals surface area (Å²) in [6.45, 7) is 3.06. The van der Waals surface area contributed by atoms with E-state index < -0.39 is 0 Å². The second-order valence-corrected chi connectivity index (χ2v) is 4.43. The van der Waals surface area contributed by atoms with Crippen molar-refractivity contribution >= 4 is 5.69 Å². The van der Waals surface area contributed by atoms with Crippen LogP contribution in [-0.2, 0) is 0 Å². The highest BCUT2D eigenvalue weighted by Gasteiger charge is 2.21. The van der Waals surface area contributed by atoms with Gasteiger partial charge < -0.3 is 5.32 Å². The van der Waals surface area contributed by atoms with Crippen LogP contribution in [0.2, 0.25) is 0 Å². The molecule has 0 bridgehead atoms. The molecule has 1 fully saturated rings. The SMILES string of the molecule is CC(NCC1CC1)c1cccc([N+](=O)[O-])c1. The van der Waals surface area contributed by atoms with Gasteiger partial charge in [-0.15, -0.1) is 0 Å². The molecule has 0 amide bonds. The molecule has 1 saturated carbocycles. The minimum absolute atomic E-state index is 0.164. The zero-order chi connectivity index (χ0) is 11.5. The van der Waals surface area contributed by atoms with E-state index in [1.54, 1.807) is 12.1 Å². The number of hydrogen-bond donors (Lipinski definition) is 1. The molecule has 86 valence electrons. The number of nitro benzene ring substituents is 1. The lowest BCUT2D eigenvalue weighted by Gasteiger charge is -2.13. The Morgan fingerprint density at radius 1 is 1.56 bits per heavy atom. The number of rotatable bonds is 5. The van der Waals surface area contributed by atoms with Gasteiger partial charge in [0.25, 0.3) is 5.69 Å². The van der Waals surface area contributed by atoms with E-state index in [-0.39, 0.29) is 16.7 Å². The molecule has 1 aliphatic rings. The highest BCUT2D eigenvalue weighted by molar-refractivity contribution is 5.35. The summed E-state index contributed by atoms with van der Waals surface area (Å²) in [5.74, 6) is 0.821. The van der Waals surface area contributed by atoms with E-state index in [1.807, 2.05) is 13.0 Å². The van der Waals surface area contributed by atoms with Crippen LogP contribution in [0.15, 0.2) is 24.3 Å². The molecule has 1 aromatic carbocycles. The Bertz CT molecular complexity index is 388. The predicted octanol–water partition coefficient (Wildman–Crippen LogP) is 2.66. The van der Waals surface area contributed by atoms with Gasteiger partial charge in [0.15, 0.2) is 0 Å². The average Bonchev–Trinajstić information content (AvgIpc) is 3.10. The van der Waals surface area contributed by atoms with Gasteiger partial charge in [-0.05, 0) is 37.8 Å². The van der Waals surface area contributed by atoms with Crippen LogP contribution in [0.25, 0.3) is 0 Å². The second-order valence-electron chi connectivity index (χ2n) is 4.43. The van der Waals surface area contributed by atoms with Crippen LogP contribution < -0.4 is 5.32 Å². The number of nitrogens with zero attached hydrogens (tertiary/aromatic N) is 1. The Balaban J connectivity index is 2.00. The molecule has 0 radical (unpaired) electrons. The normalized spacial score (nSPS) is 17.1. The fourth-order valence-corrected chi connectivity index (χ4v) is 1.69. The fraction of sp³-hybridized carbons (Fsp3) is 0.500. The van der Waals surface area contributed by atoms with Crippen molar-refractivity contribution in [1.82, 2.24) is 5.32 Å². The summed E-state index contributed by atoms with van der Waals surface area (Å²) in [6, 6.07) is 7.02.